The summed E-state index contributed by atoms with van der Waals surface area (Å²) in [5, 5.41) is 18.6. The largest absolute Gasteiger partial charge is 0.348 e. The Morgan fingerprint density at radius 1 is 1.44 bits per heavy atom. The Morgan fingerprint density at radius 3 is 2.78 bits per heavy atom. The van der Waals surface area contributed by atoms with E-state index in [0.29, 0.717) is 5.69 Å². The lowest BCUT2D eigenvalue weighted by Gasteiger charge is -2.25. The van der Waals surface area contributed by atoms with Gasteiger partial charge in [0, 0.05) is 6.07 Å². The summed E-state index contributed by atoms with van der Waals surface area (Å²) < 4.78 is 13.3. The van der Waals surface area contributed by atoms with Gasteiger partial charge in [-0.2, -0.15) is 5.10 Å². The van der Waals surface area contributed by atoms with Crippen molar-refractivity contribution in [2.45, 2.75) is 18.4 Å². The number of nitrogens with zero attached hydrogens (tertiary/aromatic N) is 1. The first kappa shape index (κ1) is 18.8. The summed E-state index contributed by atoms with van der Waals surface area (Å²) in [6, 6.07) is 3.33. The van der Waals surface area contributed by atoms with Crippen LogP contribution in [-0.2, 0) is 9.59 Å². The minimum Gasteiger partial charge on any atom is -0.348 e. The second-order valence-corrected chi connectivity index (χ2v) is 6.66. The third kappa shape index (κ3) is 4.05. The fraction of sp³-hybridized carbons (Fsp3) is 0.312. The third-order valence-electron chi connectivity index (χ3n) is 4.32. The van der Waals surface area contributed by atoms with Gasteiger partial charge in [-0.25, -0.2) is 9.18 Å². The van der Waals surface area contributed by atoms with Crippen LogP contribution in [0.3, 0.4) is 0 Å². The molecule has 1 saturated heterocycles. The zero-order valence-corrected chi connectivity index (χ0v) is 14.7. The average molecular weight is 395 g/mol. The van der Waals surface area contributed by atoms with E-state index in [1.807, 2.05) is 0 Å². The molecule has 5 N–H and O–H groups in total. The lowest BCUT2D eigenvalue weighted by atomic mass is 9.93. The minimum atomic E-state index is -1.18. The normalized spacial score (nSPS) is 21.7. The lowest BCUT2D eigenvalue weighted by molar-refractivity contribution is -0.125. The zero-order chi connectivity index (χ0) is 19.6. The summed E-state index contributed by atoms with van der Waals surface area (Å²) in [7, 11) is 0. The molecule has 2 aliphatic rings. The van der Waals surface area contributed by atoms with Crippen LogP contribution >= 0.6 is 11.6 Å². The van der Waals surface area contributed by atoms with E-state index in [-0.39, 0.29) is 17.5 Å². The molecule has 0 spiro atoms. The van der Waals surface area contributed by atoms with Crippen molar-refractivity contribution in [3.05, 3.63) is 29.0 Å². The van der Waals surface area contributed by atoms with Crippen LogP contribution in [0.5, 0.6) is 0 Å². The first-order valence-corrected chi connectivity index (χ1v) is 8.44. The summed E-state index contributed by atoms with van der Waals surface area (Å²) >= 11 is 5.57. The van der Waals surface area contributed by atoms with Gasteiger partial charge in [-0.05, 0) is 30.9 Å². The molecule has 1 aromatic rings. The first-order chi connectivity index (χ1) is 12.8. The maximum absolute atomic E-state index is 13.3. The molecule has 0 radical (unpaired) electrons. The molecule has 2 fully saturated rings. The molecular formula is C16H16ClFN6O3. The molecule has 27 heavy (non-hydrogen) atoms. The van der Waals surface area contributed by atoms with E-state index < -0.39 is 34.9 Å². The van der Waals surface area contributed by atoms with Gasteiger partial charge < -0.3 is 10.6 Å². The molecule has 11 heteroatoms. The number of imide groups is 1. The van der Waals surface area contributed by atoms with Crippen molar-refractivity contribution < 1.29 is 18.8 Å². The van der Waals surface area contributed by atoms with Gasteiger partial charge in [-0.1, -0.05) is 11.6 Å². The molecule has 1 aromatic carbocycles. The van der Waals surface area contributed by atoms with E-state index in [1.165, 1.54) is 12.1 Å². The number of hydrogen-bond acceptors (Lipinski definition) is 6. The van der Waals surface area contributed by atoms with Crippen LogP contribution in [0.15, 0.2) is 23.3 Å². The highest BCUT2D eigenvalue weighted by Gasteiger charge is 2.56. The maximum atomic E-state index is 13.3. The topological polar surface area (TPSA) is 136 Å². The number of hydrazone groups is 1. The maximum Gasteiger partial charge on any atom is 0.322 e. The molecule has 0 unspecified atom stereocenters. The molecule has 4 amide bonds. The number of amides is 4. The van der Waals surface area contributed by atoms with Crippen molar-refractivity contribution in [2.24, 2.45) is 11.0 Å². The number of halogens is 2. The predicted octanol–water partition coefficient (Wildman–Crippen LogP) is 1.00. The molecule has 9 nitrogen and oxygen atoms in total. The molecule has 1 aliphatic heterocycles. The Bertz CT molecular complexity index is 857. The standard InChI is InChI=1S/C16H16ClFN6O3/c17-10-4-3-9(5-11(10)18)24-21-6-12(19)13(25)20-7-16(8-1-2-8)14(26)22-15(27)23-16/h3-6,8,19,24H,1-2,7H2,(H,20,25)(H2,22,23,26,27)/b19-12?,21-6-/t16-/m0/s1. The van der Waals surface area contributed by atoms with E-state index >= 15 is 0 Å². The Morgan fingerprint density at radius 2 is 2.19 bits per heavy atom. The quantitative estimate of drug-likeness (QED) is 0.268. The number of anilines is 1. The van der Waals surface area contributed by atoms with Crippen molar-refractivity contribution in [1.82, 2.24) is 16.0 Å². The van der Waals surface area contributed by atoms with E-state index in [1.54, 1.807) is 0 Å². The van der Waals surface area contributed by atoms with Gasteiger partial charge in [0.2, 0.25) is 0 Å². The Kier molecular flexibility index (Phi) is 5.08. The highest BCUT2D eigenvalue weighted by Crippen LogP contribution is 2.40. The Hall–Kier alpha value is -3.01. The minimum absolute atomic E-state index is 0.0377. The molecule has 1 atom stereocenters. The molecule has 0 bridgehead atoms. The fourth-order valence-corrected chi connectivity index (χ4v) is 2.87. The molecular weight excluding hydrogens is 379 g/mol. The van der Waals surface area contributed by atoms with Crippen molar-refractivity contribution in [3.63, 3.8) is 0 Å². The zero-order valence-electron chi connectivity index (χ0n) is 13.9. The van der Waals surface area contributed by atoms with Crippen LogP contribution in [0.1, 0.15) is 12.8 Å². The molecule has 1 aliphatic carbocycles. The van der Waals surface area contributed by atoms with Gasteiger partial charge in [-0.15, -0.1) is 0 Å². The molecule has 0 aromatic heterocycles. The smallest absolute Gasteiger partial charge is 0.322 e. The predicted molar refractivity (Wildman–Crippen MR) is 96.4 cm³/mol. The van der Waals surface area contributed by atoms with Crippen LogP contribution in [0.25, 0.3) is 0 Å². The van der Waals surface area contributed by atoms with E-state index in [0.717, 1.165) is 25.1 Å². The van der Waals surface area contributed by atoms with Crippen molar-refractivity contribution in [2.75, 3.05) is 12.0 Å². The van der Waals surface area contributed by atoms with Gasteiger partial charge >= 0.3 is 6.03 Å². The van der Waals surface area contributed by atoms with Crippen LogP contribution < -0.4 is 21.4 Å². The van der Waals surface area contributed by atoms with Gasteiger partial charge in [0.1, 0.15) is 17.1 Å². The number of hydrogen-bond donors (Lipinski definition) is 5. The molecule has 1 heterocycles. The first-order valence-electron chi connectivity index (χ1n) is 8.06. The Labute approximate surface area is 158 Å². The molecule has 142 valence electrons. The number of urea groups is 1. The van der Waals surface area contributed by atoms with Gasteiger partial charge in [-0.3, -0.25) is 25.7 Å². The second-order valence-electron chi connectivity index (χ2n) is 6.25. The second kappa shape index (κ2) is 7.31. The number of rotatable bonds is 7. The van der Waals surface area contributed by atoms with Gasteiger partial charge in [0.05, 0.1) is 23.5 Å². The van der Waals surface area contributed by atoms with Gasteiger partial charge in [0.25, 0.3) is 11.8 Å². The summed E-state index contributed by atoms with van der Waals surface area (Å²) in [5.74, 6) is -1.93. The Balaban J connectivity index is 1.54. The summed E-state index contributed by atoms with van der Waals surface area (Å²) in [5.41, 5.74) is 1.11. The van der Waals surface area contributed by atoms with E-state index in [4.69, 9.17) is 17.0 Å². The number of nitrogens with one attached hydrogen (secondary N) is 5. The van der Waals surface area contributed by atoms with Crippen molar-refractivity contribution >= 4 is 47.1 Å². The van der Waals surface area contributed by atoms with E-state index in [2.05, 4.69) is 26.5 Å². The van der Waals surface area contributed by atoms with Crippen LogP contribution in [-0.4, -0.2) is 41.9 Å². The summed E-state index contributed by atoms with van der Waals surface area (Å²) in [6.45, 7) is -0.125. The summed E-state index contributed by atoms with van der Waals surface area (Å²) in [6.07, 6.45) is 2.48. The van der Waals surface area contributed by atoms with Crippen LogP contribution in [0.2, 0.25) is 5.02 Å². The van der Waals surface area contributed by atoms with Crippen molar-refractivity contribution in [3.8, 4) is 0 Å². The van der Waals surface area contributed by atoms with Crippen molar-refractivity contribution in [1.29, 1.82) is 5.41 Å². The lowest BCUT2D eigenvalue weighted by Crippen LogP contribution is -2.57. The van der Waals surface area contributed by atoms with Crippen LogP contribution in [0.4, 0.5) is 14.9 Å². The number of carbonyl (C=O) groups is 3. The average Bonchev–Trinajstić information content (AvgIpc) is 3.42. The highest BCUT2D eigenvalue weighted by atomic mass is 35.5. The van der Waals surface area contributed by atoms with Crippen LogP contribution in [0, 0.1) is 17.1 Å². The number of benzene rings is 1. The summed E-state index contributed by atoms with van der Waals surface area (Å²) in [4.78, 5) is 35.6. The highest BCUT2D eigenvalue weighted by molar-refractivity contribution is 6.59. The van der Waals surface area contributed by atoms with Gasteiger partial charge in [0.15, 0.2) is 0 Å². The fourth-order valence-electron chi connectivity index (χ4n) is 2.75. The third-order valence-corrected chi connectivity index (χ3v) is 4.63. The molecule has 3 rings (SSSR count). The SMILES string of the molecule is N=C(/C=N\Nc1ccc(Cl)c(F)c1)C(=O)NC[C@@]1(C2CC2)NC(=O)NC1=O. The van der Waals surface area contributed by atoms with E-state index in [9.17, 15) is 18.8 Å². The molecule has 1 saturated carbocycles. The number of carbonyl (C=O) groups excluding carboxylic acids is 3. The monoisotopic (exact) mass is 394 g/mol.